The van der Waals surface area contributed by atoms with Crippen LogP contribution in [0.2, 0.25) is 0 Å². The summed E-state index contributed by atoms with van der Waals surface area (Å²) in [5.41, 5.74) is 0.108. The van der Waals surface area contributed by atoms with Gasteiger partial charge in [0.05, 0.1) is 5.92 Å². The molecule has 3 rings (SSSR count). The SMILES string of the molecule is O=C(CC(c1ccccc1)C(F)(F)F)NC1CCN(c2ncccn2)CC1. The minimum Gasteiger partial charge on any atom is -0.353 e. The molecule has 0 saturated carbocycles. The van der Waals surface area contributed by atoms with Gasteiger partial charge in [0.25, 0.3) is 0 Å². The zero-order valence-corrected chi connectivity index (χ0v) is 14.7. The fourth-order valence-corrected chi connectivity index (χ4v) is 3.26. The van der Waals surface area contributed by atoms with Crippen LogP contribution in [-0.2, 0) is 4.79 Å². The molecule has 5 nitrogen and oxygen atoms in total. The number of hydrogen-bond donors (Lipinski definition) is 1. The highest BCUT2D eigenvalue weighted by Crippen LogP contribution is 2.37. The molecule has 27 heavy (non-hydrogen) atoms. The van der Waals surface area contributed by atoms with Crippen LogP contribution in [0.1, 0.15) is 30.7 Å². The number of benzene rings is 1. The van der Waals surface area contributed by atoms with E-state index in [0.29, 0.717) is 31.9 Å². The Kier molecular flexibility index (Phi) is 5.93. The molecule has 1 aliphatic heterocycles. The van der Waals surface area contributed by atoms with E-state index in [-0.39, 0.29) is 11.6 Å². The van der Waals surface area contributed by atoms with Gasteiger partial charge >= 0.3 is 6.18 Å². The quantitative estimate of drug-likeness (QED) is 0.867. The molecule has 0 spiro atoms. The zero-order valence-electron chi connectivity index (χ0n) is 14.7. The Hall–Kier alpha value is -2.64. The highest BCUT2D eigenvalue weighted by atomic mass is 19.4. The third kappa shape index (κ3) is 5.18. The number of rotatable bonds is 5. The van der Waals surface area contributed by atoms with Crippen molar-refractivity contribution in [3.05, 3.63) is 54.4 Å². The first kappa shape index (κ1) is 19.1. The lowest BCUT2D eigenvalue weighted by atomic mass is 9.94. The third-order valence-corrected chi connectivity index (χ3v) is 4.68. The maximum atomic E-state index is 13.4. The van der Waals surface area contributed by atoms with Crippen molar-refractivity contribution in [1.29, 1.82) is 0 Å². The van der Waals surface area contributed by atoms with Gasteiger partial charge in [-0.2, -0.15) is 13.2 Å². The predicted octanol–water partition coefficient (Wildman–Crippen LogP) is 3.30. The summed E-state index contributed by atoms with van der Waals surface area (Å²) < 4.78 is 40.1. The van der Waals surface area contributed by atoms with E-state index in [0.717, 1.165) is 0 Å². The van der Waals surface area contributed by atoms with Crippen molar-refractivity contribution in [2.45, 2.75) is 37.4 Å². The van der Waals surface area contributed by atoms with Gasteiger partial charge in [-0.1, -0.05) is 30.3 Å². The van der Waals surface area contributed by atoms with E-state index in [9.17, 15) is 18.0 Å². The molecule has 1 aromatic heterocycles. The number of alkyl halides is 3. The Balaban J connectivity index is 1.54. The Bertz CT molecular complexity index is 732. The first-order valence-electron chi connectivity index (χ1n) is 8.86. The molecule has 0 radical (unpaired) electrons. The van der Waals surface area contributed by atoms with E-state index in [1.165, 1.54) is 12.1 Å². The molecule has 1 unspecified atom stereocenters. The van der Waals surface area contributed by atoms with Gasteiger partial charge in [-0.15, -0.1) is 0 Å². The fraction of sp³-hybridized carbons (Fsp3) is 0.421. The van der Waals surface area contributed by atoms with E-state index in [1.54, 1.807) is 36.7 Å². The van der Waals surface area contributed by atoms with Crippen LogP contribution >= 0.6 is 0 Å². The maximum absolute atomic E-state index is 13.4. The molecule has 0 aliphatic carbocycles. The number of piperidine rings is 1. The summed E-state index contributed by atoms with van der Waals surface area (Å²) in [6.07, 6.45) is -0.450. The number of carbonyl (C=O) groups excluding carboxylic acids is 1. The first-order valence-corrected chi connectivity index (χ1v) is 8.86. The van der Waals surface area contributed by atoms with Crippen LogP contribution in [-0.4, -0.2) is 41.2 Å². The van der Waals surface area contributed by atoms with Gasteiger partial charge in [-0.25, -0.2) is 9.97 Å². The van der Waals surface area contributed by atoms with E-state index in [1.807, 2.05) is 4.90 Å². The molecule has 8 heteroatoms. The average Bonchev–Trinajstić information content (AvgIpc) is 2.67. The van der Waals surface area contributed by atoms with Gasteiger partial charge in [0.15, 0.2) is 0 Å². The van der Waals surface area contributed by atoms with Crippen molar-refractivity contribution in [2.75, 3.05) is 18.0 Å². The Labute approximate surface area is 155 Å². The summed E-state index contributed by atoms with van der Waals surface area (Å²) in [5.74, 6) is -1.74. The number of nitrogens with one attached hydrogen (secondary N) is 1. The van der Waals surface area contributed by atoms with Gasteiger partial charge in [-0.3, -0.25) is 4.79 Å². The van der Waals surface area contributed by atoms with Gasteiger partial charge in [-0.05, 0) is 24.5 Å². The van der Waals surface area contributed by atoms with E-state index < -0.39 is 24.4 Å². The lowest BCUT2D eigenvalue weighted by Gasteiger charge is -2.32. The summed E-state index contributed by atoms with van der Waals surface area (Å²) in [5, 5.41) is 2.76. The van der Waals surface area contributed by atoms with Crippen molar-refractivity contribution < 1.29 is 18.0 Å². The minimum atomic E-state index is -4.47. The van der Waals surface area contributed by atoms with Crippen molar-refractivity contribution in [3.8, 4) is 0 Å². The summed E-state index contributed by atoms with van der Waals surface area (Å²) in [7, 11) is 0. The summed E-state index contributed by atoms with van der Waals surface area (Å²) in [4.78, 5) is 22.6. The van der Waals surface area contributed by atoms with Crippen molar-refractivity contribution >= 4 is 11.9 Å². The molecule has 1 atom stereocenters. The molecule has 1 aromatic carbocycles. The van der Waals surface area contributed by atoms with Crippen LogP contribution in [0, 0.1) is 0 Å². The number of halogens is 3. The van der Waals surface area contributed by atoms with Crippen LogP contribution in [0.3, 0.4) is 0 Å². The van der Waals surface area contributed by atoms with E-state index in [4.69, 9.17) is 0 Å². The van der Waals surface area contributed by atoms with E-state index >= 15 is 0 Å². The summed E-state index contributed by atoms with van der Waals surface area (Å²) in [6.45, 7) is 1.30. The fourth-order valence-electron chi connectivity index (χ4n) is 3.26. The van der Waals surface area contributed by atoms with E-state index in [2.05, 4.69) is 15.3 Å². The highest BCUT2D eigenvalue weighted by molar-refractivity contribution is 5.77. The maximum Gasteiger partial charge on any atom is 0.396 e. The molecule has 2 heterocycles. The highest BCUT2D eigenvalue weighted by Gasteiger charge is 2.42. The Morgan fingerprint density at radius 1 is 1.11 bits per heavy atom. The number of anilines is 1. The smallest absolute Gasteiger partial charge is 0.353 e. The van der Waals surface area contributed by atoms with Crippen molar-refractivity contribution in [2.24, 2.45) is 0 Å². The number of hydrogen-bond acceptors (Lipinski definition) is 4. The first-order chi connectivity index (χ1) is 12.9. The third-order valence-electron chi connectivity index (χ3n) is 4.68. The van der Waals surface area contributed by atoms with Crippen LogP contribution in [0.25, 0.3) is 0 Å². The lowest BCUT2D eigenvalue weighted by Crippen LogP contribution is -2.45. The summed E-state index contributed by atoms with van der Waals surface area (Å²) >= 11 is 0. The Morgan fingerprint density at radius 2 is 1.74 bits per heavy atom. The second kappa shape index (κ2) is 8.37. The predicted molar refractivity (Wildman–Crippen MR) is 95.3 cm³/mol. The second-order valence-corrected chi connectivity index (χ2v) is 6.59. The minimum absolute atomic E-state index is 0.108. The molecule has 0 bridgehead atoms. The van der Waals surface area contributed by atoms with Crippen LogP contribution < -0.4 is 10.2 Å². The van der Waals surface area contributed by atoms with Crippen LogP contribution in [0.15, 0.2) is 48.8 Å². The van der Waals surface area contributed by atoms with Crippen molar-refractivity contribution in [3.63, 3.8) is 0 Å². The van der Waals surface area contributed by atoms with Gasteiger partial charge < -0.3 is 10.2 Å². The molecule has 1 N–H and O–H groups in total. The Morgan fingerprint density at radius 3 is 2.33 bits per heavy atom. The summed E-state index contributed by atoms with van der Waals surface area (Å²) in [6, 6.07) is 9.16. The molecule has 1 fully saturated rings. The second-order valence-electron chi connectivity index (χ2n) is 6.59. The molecule has 1 aliphatic rings. The molecule has 144 valence electrons. The number of nitrogens with zero attached hydrogens (tertiary/aromatic N) is 3. The van der Waals surface area contributed by atoms with Crippen LogP contribution in [0.4, 0.5) is 19.1 Å². The van der Waals surface area contributed by atoms with Crippen molar-refractivity contribution in [1.82, 2.24) is 15.3 Å². The number of aromatic nitrogens is 2. The standard InChI is InChI=1S/C19H21F3N4O/c20-19(21,22)16(14-5-2-1-3-6-14)13-17(27)25-15-7-11-26(12-8-15)18-23-9-4-10-24-18/h1-6,9-10,15-16H,7-8,11-13H2,(H,25,27). The van der Waals surface area contributed by atoms with Gasteiger partial charge in [0, 0.05) is 37.9 Å². The van der Waals surface area contributed by atoms with Gasteiger partial charge in [0.2, 0.25) is 11.9 Å². The zero-order chi connectivity index (χ0) is 19.3. The lowest BCUT2D eigenvalue weighted by molar-refractivity contribution is -0.157. The topological polar surface area (TPSA) is 58.1 Å². The van der Waals surface area contributed by atoms with Gasteiger partial charge in [0.1, 0.15) is 0 Å². The molecular formula is C19H21F3N4O. The monoisotopic (exact) mass is 378 g/mol. The van der Waals surface area contributed by atoms with Crippen LogP contribution in [0.5, 0.6) is 0 Å². The molecule has 2 aromatic rings. The molecular weight excluding hydrogens is 357 g/mol. The molecule has 1 saturated heterocycles. The molecule has 1 amide bonds. The normalized spacial score (nSPS) is 16.8. The number of amides is 1. The largest absolute Gasteiger partial charge is 0.396 e. The number of carbonyl (C=O) groups is 1. The average molecular weight is 378 g/mol.